The van der Waals surface area contributed by atoms with Crippen molar-refractivity contribution in [2.45, 2.75) is 31.7 Å². The summed E-state index contributed by atoms with van der Waals surface area (Å²) in [5.41, 5.74) is 0. The summed E-state index contributed by atoms with van der Waals surface area (Å²) in [7, 11) is 2.23. The third kappa shape index (κ3) is 3.24. The lowest BCUT2D eigenvalue weighted by molar-refractivity contribution is 0.149. The van der Waals surface area contributed by atoms with Gasteiger partial charge >= 0.3 is 0 Å². The highest BCUT2D eigenvalue weighted by atomic mass is 16.5. The van der Waals surface area contributed by atoms with Crippen LogP contribution in [0.4, 0.5) is 0 Å². The molecule has 0 unspecified atom stereocenters. The summed E-state index contributed by atoms with van der Waals surface area (Å²) in [6.07, 6.45) is 5.30. The van der Waals surface area contributed by atoms with Crippen LogP contribution in [0.2, 0.25) is 0 Å². The van der Waals surface area contributed by atoms with E-state index in [4.69, 9.17) is 4.74 Å². The molecule has 0 bridgehead atoms. The van der Waals surface area contributed by atoms with Crippen LogP contribution in [-0.4, -0.2) is 31.1 Å². The highest BCUT2D eigenvalue weighted by Gasteiger charge is 2.21. The lowest BCUT2D eigenvalue weighted by Gasteiger charge is -2.34. The predicted molar refractivity (Wildman–Crippen MR) is 66.8 cm³/mol. The van der Waals surface area contributed by atoms with Crippen LogP contribution in [0.3, 0.4) is 0 Å². The lowest BCUT2D eigenvalue weighted by atomic mass is 9.92. The fourth-order valence-electron chi connectivity index (χ4n) is 2.03. The molecule has 0 spiro atoms. The largest absolute Gasteiger partial charge is 0.494 e. The minimum absolute atomic E-state index is 0.821. The fourth-order valence-corrected chi connectivity index (χ4v) is 2.03. The Labute approximate surface area is 98.2 Å². The van der Waals surface area contributed by atoms with E-state index < -0.39 is 0 Å². The molecular weight excluding hydrogens is 198 g/mol. The zero-order valence-corrected chi connectivity index (χ0v) is 10.1. The number of rotatable bonds is 6. The van der Waals surface area contributed by atoms with Gasteiger partial charge in [-0.1, -0.05) is 24.6 Å². The second kappa shape index (κ2) is 5.90. The molecule has 0 heterocycles. The first kappa shape index (κ1) is 11.5. The van der Waals surface area contributed by atoms with Gasteiger partial charge in [-0.05, 0) is 38.4 Å². The van der Waals surface area contributed by atoms with E-state index in [2.05, 4.69) is 11.9 Å². The van der Waals surface area contributed by atoms with Gasteiger partial charge < -0.3 is 9.64 Å². The van der Waals surface area contributed by atoms with Crippen molar-refractivity contribution in [1.29, 1.82) is 0 Å². The van der Waals surface area contributed by atoms with E-state index in [1.165, 1.54) is 19.3 Å². The predicted octanol–water partition coefficient (Wildman–Crippen LogP) is 2.94. The van der Waals surface area contributed by atoms with Gasteiger partial charge in [0.1, 0.15) is 5.75 Å². The van der Waals surface area contributed by atoms with Gasteiger partial charge in [0, 0.05) is 12.6 Å². The summed E-state index contributed by atoms with van der Waals surface area (Å²) >= 11 is 0. The average Bonchev–Trinajstić information content (AvgIpc) is 2.23. The van der Waals surface area contributed by atoms with Gasteiger partial charge in [0.15, 0.2) is 0 Å². The Balaban J connectivity index is 1.58. The summed E-state index contributed by atoms with van der Waals surface area (Å²) in [6.45, 7) is 1.97. The molecule has 1 aliphatic rings. The van der Waals surface area contributed by atoms with Crippen LogP contribution in [0.25, 0.3) is 0 Å². The maximum Gasteiger partial charge on any atom is 0.119 e. The van der Waals surface area contributed by atoms with Gasteiger partial charge in [-0.2, -0.15) is 0 Å². The Hall–Kier alpha value is -1.02. The van der Waals surface area contributed by atoms with Gasteiger partial charge in [-0.25, -0.2) is 0 Å². The number of para-hydroxylation sites is 1. The number of hydrogen-bond acceptors (Lipinski definition) is 2. The van der Waals surface area contributed by atoms with E-state index in [1.807, 2.05) is 30.3 Å². The molecule has 0 saturated heterocycles. The Morgan fingerprint density at radius 3 is 2.62 bits per heavy atom. The molecule has 88 valence electrons. The van der Waals surface area contributed by atoms with Crippen LogP contribution in [0.15, 0.2) is 30.3 Å². The van der Waals surface area contributed by atoms with Crippen LogP contribution < -0.4 is 4.74 Å². The molecule has 2 rings (SSSR count). The molecular formula is C14H21NO. The molecule has 2 heteroatoms. The van der Waals surface area contributed by atoms with Crippen molar-refractivity contribution in [3.8, 4) is 5.75 Å². The van der Waals surface area contributed by atoms with Gasteiger partial charge in [-0.15, -0.1) is 0 Å². The molecule has 0 radical (unpaired) electrons. The molecule has 0 atom stereocenters. The van der Waals surface area contributed by atoms with Crippen molar-refractivity contribution in [1.82, 2.24) is 4.90 Å². The Kier molecular flexibility index (Phi) is 4.23. The summed E-state index contributed by atoms with van der Waals surface area (Å²) in [6, 6.07) is 10.9. The van der Waals surface area contributed by atoms with Crippen molar-refractivity contribution in [3.63, 3.8) is 0 Å². The fraction of sp³-hybridized carbons (Fsp3) is 0.571. The molecule has 1 aromatic carbocycles. The minimum Gasteiger partial charge on any atom is -0.494 e. The average molecular weight is 219 g/mol. The quantitative estimate of drug-likeness (QED) is 0.682. The molecule has 16 heavy (non-hydrogen) atoms. The highest BCUT2D eigenvalue weighted by molar-refractivity contribution is 5.20. The number of ether oxygens (including phenoxy) is 1. The summed E-state index contributed by atoms with van der Waals surface area (Å²) in [5.74, 6) is 0.980. The zero-order chi connectivity index (χ0) is 11.2. The SMILES string of the molecule is CN(CCCOc1ccccc1)C1CCC1. The second-order valence-electron chi connectivity index (χ2n) is 4.58. The van der Waals surface area contributed by atoms with E-state index in [9.17, 15) is 0 Å². The molecule has 1 saturated carbocycles. The van der Waals surface area contributed by atoms with E-state index in [0.717, 1.165) is 31.4 Å². The van der Waals surface area contributed by atoms with Gasteiger partial charge in [-0.3, -0.25) is 0 Å². The Morgan fingerprint density at radius 2 is 2.00 bits per heavy atom. The van der Waals surface area contributed by atoms with Crippen molar-refractivity contribution in [3.05, 3.63) is 30.3 Å². The van der Waals surface area contributed by atoms with Crippen LogP contribution in [0, 0.1) is 0 Å². The van der Waals surface area contributed by atoms with Crippen molar-refractivity contribution >= 4 is 0 Å². The standard InChI is InChI=1S/C14H21NO/c1-15(13-7-5-8-13)11-6-12-16-14-9-3-2-4-10-14/h2-4,9-10,13H,5-8,11-12H2,1H3. The second-order valence-corrected chi connectivity index (χ2v) is 4.58. The molecule has 0 amide bonds. The zero-order valence-electron chi connectivity index (χ0n) is 10.1. The maximum atomic E-state index is 5.66. The molecule has 2 nitrogen and oxygen atoms in total. The summed E-state index contributed by atoms with van der Waals surface area (Å²) < 4.78 is 5.66. The first-order valence-electron chi connectivity index (χ1n) is 6.24. The van der Waals surface area contributed by atoms with E-state index >= 15 is 0 Å². The molecule has 1 fully saturated rings. The van der Waals surface area contributed by atoms with E-state index in [0.29, 0.717) is 0 Å². The summed E-state index contributed by atoms with van der Waals surface area (Å²) in [4.78, 5) is 2.47. The van der Waals surface area contributed by atoms with E-state index in [1.54, 1.807) is 0 Å². The third-order valence-electron chi connectivity index (χ3n) is 3.37. The van der Waals surface area contributed by atoms with Crippen LogP contribution in [0.1, 0.15) is 25.7 Å². The third-order valence-corrected chi connectivity index (χ3v) is 3.37. The smallest absolute Gasteiger partial charge is 0.119 e. The first-order chi connectivity index (χ1) is 7.86. The molecule has 0 N–H and O–H groups in total. The molecule has 1 aromatic rings. The van der Waals surface area contributed by atoms with Crippen LogP contribution in [0.5, 0.6) is 5.75 Å². The first-order valence-corrected chi connectivity index (χ1v) is 6.24. The number of hydrogen-bond donors (Lipinski definition) is 0. The monoisotopic (exact) mass is 219 g/mol. The van der Waals surface area contributed by atoms with Crippen molar-refractivity contribution < 1.29 is 4.74 Å². The van der Waals surface area contributed by atoms with Crippen molar-refractivity contribution in [2.75, 3.05) is 20.2 Å². The Bertz CT molecular complexity index is 295. The Morgan fingerprint density at radius 1 is 1.25 bits per heavy atom. The lowest BCUT2D eigenvalue weighted by Crippen LogP contribution is -2.38. The van der Waals surface area contributed by atoms with Gasteiger partial charge in [0.25, 0.3) is 0 Å². The minimum atomic E-state index is 0.821. The van der Waals surface area contributed by atoms with Crippen LogP contribution >= 0.6 is 0 Å². The van der Waals surface area contributed by atoms with Gasteiger partial charge in [0.05, 0.1) is 6.61 Å². The van der Waals surface area contributed by atoms with Gasteiger partial charge in [0.2, 0.25) is 0 Å². The normalized spacial score (nSPS) is 16.1. The van der Waals surface area contributed by atoms with Crippen LogP contribution in [-0.2, 0) is 0 Å². The topological polar surface area (TPSA) is 12.5 Å². The van der Waals surface area contributed by atoms with E-state index in [-0.39, 0.29) is 0 Å². The number of nitrogens with zero attached hydrogens (tertiary/aromatic N) is 1. The molecule has 0 aliphatic heterocycles. The highest BCUT2D eigenvalue weighted by Crippen LogP contribution is 2.23. The maximum absolute atomic E-state index is 5.66. The number of benzene rings is 1. The molecule has 0 aromatic heterocycles. The summed E-state index contributed by atoms with van der Waals surface area (Å²) in [5, 5.41) is 0. The van der Waals surface area contributed by atoms with Crippen molar-refractivity contribution in [2.24, 2.45) is 0 Å². The molecule has 1 aliphatic carbocycles.